The number of aliphatic hydroxyl groups excluding tert-OH is 1. The zero-order valence-electron chi connectivity index (χ0n) is 50.4. The minimum absolute atomic E-state index is 0.0425. The lowest BCUT2D eigenvalue weighted by Gasteiger charge is -2.25. The molecule has 8 nitrogen and oxygen atoms in total. The van der Waals surface area contributed by atoms with E-state index in [1.54, 1.807) is 6.08 Å². The number of phosphoric ester groups is 1. The van der Waals surface area contributed by atoms with E-state index < -0.39 is 20.0 Å². The number of hydrogen-bond donors (Lipinski definition) is 3. The molecule has 1 amide bonds. The highest BCUT2D eigenvalue weighted by Crippen LogP contribution is 2.43. The van der Waals surface area contributed by atoms with E-state index in [1.807, 2.05) is 27.2 Å². The van der Waals surface area contributed by atoms with Crippen molar-refractivity contribution in [1.29, 1.82) is 0 Å². The molecule has 3 unspecified atom stereocenters. The molecule has 0 radical (unpaired) electrons. The molecule has 0 bridgehead atoms. The van der Waals surface area contributed by atoms with Gasteiger partial charge in [0.25, 0.3) is 0 Å². The number of rotatable bonds is 56. The third-order valence-corrected chi connectivity index (χ3v) is 14.4. The van der Waals surface area contributed by atoms with E-state index in [-0.39, 0.29) is 19.1 Å². The van der Waals surface area contributed by atoms with Gasteiger partial charge < -0.3 is 19.8 Å². The van der Waals surface area contributed by atoms with E-state index in [1.165, 1.54) is 122 Å². The lowest BCUT2D eigenvalue weighted by molar-refractivity contribution is -0.870. The first-order valence-electron chi connectivity index (χ1n) is 31.4. The molecule has 9 heteroatoms. The molecule has 0 aromatic carbocycles. The third kappa shape index (κ3) is 60.4. The van der Waals surface area contributed by atoms with Gasteiger partial charge in [0.15, 0.2) is 0 Å². The molecule has 0 aliphatic heterocycles. The number of likely N-dealkylation sites (N-methyl/N-ethyl adjacent to an activating group) is 1. The van der Waals surface area contributed by atoms with Crippen LogP contribution in [0.2, 0.25) is 0 Å². The van der Waals surface area contributed by atoms with Crippen LogP contribution in [0.3, 0.4) is 0 Å². The number of carbonyl (C=O) groups excluding carboxylic acids is 1. The quantitative estimate of drug-likeness (QED) is 0.0243. The molecule has 0 spiro atoms. The van der Waals surface area contributed by atoms with E-state index in [4.69, 9.17) is 9.05 Å². The number of carbonyl (C=O) groups is 1. The predicted molar refractivity (Wildman–Crippen MR) is 336 cm³/mol. The zero-order chi connectivity index (χ0) is 56.3. The molecule has 0 aromatic rings. The Morgan fingerprint density at radius 3 is 1.19 bits per heavy atom. The third-order valence-electron chi connectivity index (χ3n) is 13.4. The Labute approximate surface area is 475 Å². The van der Waals surface area contributed by atoms with Crippen molar-refractivity contribution in [3.05, 3.63) is 122 Å². The summed E-state index contributed by atoms with van der Waals surface area (Å²) in [5.41, 5.74) is 0. The van der Waals surface area contributed by atoms with Gasteiger partial charge >= 0.3 is 7.82 Å². The predicted octanol–water partition coefficient (Wildman–Crippen LogP) is 19.7. The van der Waals surface area contributed by atoms with Crippen LogP contribution in [-0.2, 0) is 18.4 Å². The number of phosphoric acid groups is 1. The Morgan fingerprint density at radius 1 is 0.455 bits per heavy atom. The van der Waals surface area contributed by atoms with Gasteiger partial charge in [-0.05, 0) is 103 Å². The molecule has 0 heterocycles. The maximum absolute atomic E-state index is 13.0. The Morgan fingerprint density at radius 2 is 0.792 bits per heavy atom. The van der Waals surface area contributed by atoms with Crippen LogP contribution in [0.1, 0.15) is 251 Å². The summed E-state index contributed by atoms with van der Waals surface area (Å²) in [4.78, 5) is 23.3. The first-order chi connectivity index (χ1) is 37.5. The van der Waals surface area contributed by atoms with Gasteiger partial charge in [0.2, 0.25) is 5.91 Å². The van der Waals surface area contributed by atoms with Crippen LogP contribution in [0.15, 0.2) is 122 Å². The van der Waals surface area contributed by atoms with E-state index in [0.29, 0.717) is 17.4 Å². The number of aliphatic hydroxyl groups is 1. The fraction of sp³-hybridized carbons (Fsp3) is 0.691. The summed E-state index contributed by atoms with van der Waals surface area (Å²) in [6.07, 6.45) is 86.1. The van der Waals surface area contributed by atoms with Crippen LogP contribution >= 0.6 is 7.82 Å². The monoisotopic (exact) mass is 1090 g/mol. The highest BCUT2D eigenvalue weighted by atomic mass is 31.2. The van der Waals surface area contributed by atoms with Gasteiger partial charge in [0.1, 0.15) is 13.2 Å². The number of amides is 1. The Bertz CT molecular complexity index is 1670. The first-order valence-corrected chi connectivity index (χ1v) is 32.9. The lowest BCUT2D eigenvalue weighted by Crippen LogP contribution is -2.45. The van der Waals surface area contributed by atoms with Crippen molar-refractivity contribution in [3.8, 4) is 0 Å². The smallest absolute Gasteiger partial charge is 0.387 e. The van der Waals surface area contributed by atoms with Crippen molar-refractivity contribution in [1.82, 2.24) is 5.32 Å². The maximum Gasteiger partial charge on any atom is 0.472 e. The molecular weight excluding hydrogens is 972 g/mol. The number of nitrogens with zero attached hydrogens (tertiary/aromatic N) is 1. The molecule has 0 saturated carbocycles. The molecule has 0 aliphatic rings. The lowest BCUT2D eigenvalue weighted by atomic mass is 10.0. The van der Waals surface area contributed by atoms with Crippen LogP contribution in [0.4, 0.5) is 0 Å². The number of quaternary nitrogens is 1. The van der Waals surface area contributed by atoms with Gasteiger partial charge in [-0.1, -0.05) is 264 Å². The summed E-state index contributed by atoms with van der Waals surface area (Å²) in [7, 11) is 1.52. The fourth-order valence-electron chi connectivity index (χ4n) is 8.53. The average Bonchev–Trinajstić information content (AvgIpc) is 3.39. The standard InChI is InChI=1S/C68H119N2O6P/c1-6-8-10-12-14-16-18-20-22-24-26-28-30-32-34-36-37-39-41-43-45-47-49-51-53-55-57-59-61-67(71)66(65-76-77(73,74)75-64-63-70(3,4)5)69-68(72)62-60-58-56-54-52-50-48-46-44-42-40-38-35-33-31-29-27-25-23-21-19-17-15-13-11-9-7-2/h9,11,15,17,21,23,27,29,33,35,40,42-43,45-46,48,51,53,59,61,66-67,71H,6-8,10,12-14,16,18-20,22,24-26,28,30-32,34,36-39,41,44,47,49-50,52,54-58,60,62-65H2,1-5H3,(H-,69,72,73,74)/p+1/b11-9-,17-15-,23-21-,29-27-,35-33-,42-40-,45-43+,48-46-,53-51+,61-59+. The second-order valence-electron chi connectivity index (χ2n) is 22.0. The van der Waals surface area contributed by atoms with Gasteiger partial charge in [-0.15, -0.1) is 0 Å². The Balaban J connectivity index is 4.32. The van der Waals surface area contributed by atoms with Gasteiger partial charge in [-0.2, -0.15) is 0 Å². The van der Waals surface area contributed by atoms with Gasteiger partial charge in [0.05, 0.1) is 39.9 Å². The summed E-state index contributed by atoms with van der Waals surface area (Å²) in [6, 6.07) is -0.892. The van der Waals surface area contributed by atoms with Crippen LogP contribution in [0, 0.1) is 0 Å². The minimum atomic E-state index is -4.38. The van der Waals surface area contributed by atoms with E-state index >= 15 is 0 Å². The van der Waals surface area contributed by atoms with Crippen LogP contribution in [-0.4, -0.2) is 73.4 Å². The van der Waals surface area contributed by atoms with Crippen molar-refractivity contribution < 1.29 is 32.9 Å². The van der Waals surface area contributed by atoms with E-state index in [0.717, 1.165) is 109 Å². The summed E-state index contributed by atoms with van der Waals surface area (Å²) < 4.78 is 23.7. The summed E-state index contributed by atoms with van der Waals surface area (Å²) in [5.74, 6) is -0.213. The van der Waals surface area contributed by atoms with E-state index in [2.05, 4.69) is 129 Å². The molecule has 3 N–H and O–H groups in total. The molecule has 0 fully saturated rings. The molecular formula is C68H120N2O6P+. The van der Waals surface area contributed by atoms with Crippen molar-refractivity contribution in [2.24, 2.45) is 0 Å². The van der Waals surface area contributed by atoms with Gasteiger partial charge in [-0.25, -0.2) is 4.57 Å². The topological polar surface area (TPSA) is 105 Å². The minimum Gasteiger partial charge on any atom is -0.387 e. The van der Waals surface area contributed by atoms with Crippen LogP contribution < -0.4 is 5.32 Å². The normalized spacial score (nSPS) is 14.6. The van der Waals surface area contributed by atoms with E-state index in [9.17, 15) is 19.4 Å². The van der Waals surface area contributed by atoms with Crippen LogP contribution in [0.5, 0.6) is 0 Å². The molecule has 77 heavy (non-hydrogen) atoms. The molecule has 0 aromatic heterocycles. The second-order valence-corrected chi connectivity index (χ2v) is 23.5. The highest BCUT2D eigenvalue weighted by molar-refractivity contribution is 7.47. The van der Waals surface area contributed by atoms with Gasteiger partial charge in [0, 0.05) is 6.42 Å². The number of allylic oxidation sites excluding steroid dienone is 19. The largest absolute Gasteiger partial charge is 0.472 e. The molecule has 0 saturated heterocycles. The van der Waals surface area contributed by atoms with Crippen molar-refractivity contribution in [2.75, 3.05) is 40.9 Å². The molecule has 0 rings (SSSR count). The Kier molecular flexibility index (Phi) is 55.3. The van der Waals surface area contributed by atoms with Crippen molar-refractivity contribution in [3.63, 3.8) is 0 Å². The first kappa shape index (κ1) is 73.9. The second kappa shape index (κ2) is 57.6. The average molecular weight is 1090 g/mol. The molecule has 0 aliphatic carbocycles. The number of hydrogen-bond acceptors (Lipinski definition) is 5. The SMILES string of the molecule is CC/C=C\C/C=C\C/C=C\C/C=C\C/C=C\C/C=C\C/C=C\CCCCCCCC(=O)NC(COP(=O)(O)OCC[N+](C)(C)C)C(O)/C=C/CC/C=C/CC/C=C/CCCCCCCCCCCCCCCCCCCC. The number of unbranched alkanes of at least 4 members (excludes halogenated alkanes) is 25. The van der Waals surface area contributed by atoms with Crippen molar-refractivity contribution >= 4 is 13.7 Å². The summed E-state index contributed by atoms with van der Waals surface area (Å²) in [5, 5.41) is 13.9. The van der Waals surface area contributed by atoms with Crippen molar-refractivity contribution in [2.45, 2.75) is 264 Å². The zero-order valence-corrected chi connectivity index (χ0v) is 51.3. The van der Waals surface area contributed by atoms with Crippen LogP contribution in [0.25, 0.3) is 0 Å². The maximum atomic E-state index is 13.0. The Hall–Kier alpha value is -3.10. The summed E-state index contributed by atoms with van der Waals surface area (Å²) in [6.45, 7) is 4.66. The highest BCUT2D eigenvalue weighted by Gasteiger charge is 2.27. The molecule has 442 valence electrons. The van der Waals surface area contributed by atoms with Gasteiger partial charge in [-0.3, -0.25) is 13.8 Å². The fourth-order valence-corrected chi connectivity index (χ4v) is 9.26. The summed E-state index contributed by atoms with van der Waals surface area (Å²) >= 11 is 0. The molecule has 3 atom stereocenters. The number of nitrogens with one attached hydrogen (secondary N) is 1.